The summed E-state index contributed by atoms with van der Waals surface area (Å²) < 4.78 is 10.7. The maximum absolute atomic E-state index is 13.0. The summed E-state index contributed by atoms with van der Waals surface area (Å²) in [4.78, 5) is 25.8. The maximum atomic E-state index is 13.0. The van der Waals surface area contributed by atoms with E-state index < -0.39 is 11.8 Å². The van der Waals surface area contributed by atoms with Crippen molar-refractivity contribution < 1.29 is 19.1 Å². The van der Waals surface area contributed by atoms with Crippen molar-refractivity contribution in [3.8, 4) is 11.5 Å². The fourth-order valence-corrected chi connectivity index (χ4v) is 3.15. The fourth-order valence-electron chi connectivity index (χ4n) is 3.15. The highest BCUT2D eigenvalue weighted by Gasteiger charge is 2.16. The van der Waals surface area contributed by atoms with E-state index in [1.165, 1.54) is 19.4 Å². The Morgan fingerprint density at radius 3 is 2.20 bits per heavy atom. The lowest BCUT2D eigenvalue weighted by Gasteiger charge is -2.12. The Bertz CT molecular complexity index is 1250. The fraction of sp³-hybridized carbons (Fsp3) is 0.107. The number of allylic oxidation sites excluding steroid dienone is 1. The molecule has 0 spiro atoms. The van der Waals surface area contributed by atoms with Crippen molar-refractivity contribution in [2.45, 2.75) is 6.92 Å². The molecule has 0 atom stereocenters. The molecule has 178 valence electrons. The summed E-state index contributed by atoms with van der Waals surface area (Å²) in [5.41, 5.74) is 5.29. The number of ether oxygens (including phenoxy) is 2. The summed E-state index contributed by atoms with van der Waals surface area (Å²) in [7, 11) is 3.06. The van der Waals surface area contributed by atoms with Crippen LogP contribution in [0.15, 0.2) is 95.2 Å². The van der Waals surface area contributed by atoms with E-state index in [9.17, 15) is 9.59 Å². The number of hydrazone groups is 1. The van der Waals surface area contributed by atoms with Crippen LogP contribution in [-0.2, 0) is 4.79 Å². The average Bonchev–Trinajstić information content (AvgIpc) is 2.89. The molecule has 3 aromatic rings. The Kier molecular flexibility index (Phi) is 8.96. The van der Waals surface area contributed by atoms with Crippen LogP contribution in [0.2, 0.25) is 0 Å². The van der Waals surface area contributed by atoms with E-state index in [1.807, 2.05) is 43.3 Å². The summed E-state index contributed by atoms with van der Waals surface area (Å²) >= 11 is 0. The zero-order valence-electron chi connectivity index (χ0n) is 19.8. The Labute approximate surface area is 204 Å². The minimum absolute atomic E-state index is 0.00718. The van der Waals surface area contributed by atoms with Crippen molar-refractivity contribution in [1.29, 1.82) is 0 Å². The van der Waals surface area contributed by atoms with E-state index in [2.05, 4.69) is 15.8 Å². The minimum Gasteiger partial charge on any atom is -0.497 e. The van der Waals surface area contributed by atoms with Crippen LogP contribution in [0.5, 0.6) is 11.5 Å². The topological polar surface area (TPSA) is 89.0 Å². The lowest BCUT2D eigenvalue weighted by Crippen LogP contribution is -2.32. The molecular weight excluding hydrogens is 442 g/mol. The number of hydrogen-bond acceptors (Lipinski definition) is 5. The minimum atomic E-state index is -0.595. The quantitative estimate of drug-likeness (QED) is 0.271. The molecule has 0 heterocycles. The zero-order chi connectivity index (χ0) is 25.0. The molecule has 0 unspecified atom stereocenters. The number of carbonyl (C=O) groups excluding carboxylic acids is 2. The third kappa shape index (κ3) is 7.43. The Balaban J connectivity index is 1.86. The van der Waals surface area contributed by atoms with Crippen LogP contribution in [0.3, 0.4) is 0 Å². The molecule has 3 rings (SSSR count). The molecule has 0 aliphatic rings. The average molecular weight is 470 g/mol. The van der Waals surface area contributed by atoms with Crippen molar-refractivity contribution in [3.63, 3.8) is 0 Å². The number of benzene rings is 3. The van der Waals surface area contributed by atoms with Crippen molar-refractivity contribution in [3.05, 3.63) is 107 Å². The highest BCUT2D eigenvalue weighted by atomic mass is 16.5. The number of carbonyl (C=O) groups is 2. The van der Waals surface area contributed by atoms with Gasteiger partial charge in [-0.25, -0.2) is 5.43 Å². The Morgan fingerprint density at radius 1 is 0.857 bits per heavy atom. The molecule has 0 aromatic heterocycles. The predicted octanol–water partition coefficient (Wildman–Crippen LogP) is 4.68. The highest BCUT2D eigenvalue weighted by Crippen LogP contribution is 2.26. The first-order valence-electron chi connectivity index (χ1n) is 10.9. The van der Waals surface area contributed by atoms with E-state index in [-0.39, 0.29) is 5.70 Å². The van der Waals surface area contributed by atoms with Gasteiger partial charge in [0.25, 0.3) is 11.8 Å². The van der Waals surface area contributed by atoms with Gasteiger partial charge in [-0.05, 0) is 54.5 Å². The lowest BCUT2D eigenvalue weighted by atomic mass is 10.1. The number of amides is 2. The van der Waals surface area contributed by atoms with Gasteiger partial charge in [0.1, 0.15) is 17.2 Å². The smallest absolute Gasteiger partial charge is 0.287 e. The van der Waals surface area contributed by atoms with E-state index in [1.54, 1.807) is 55.6 Å². The first-order chi connectivity index (χ1) is 17.0. The molecule has 2 N–H and O–H groups in total. The normalized spacial score (nSPS) is 11.7. The second-order valence-corrected chi connectivity index (χ2v) is 7.48. The largest absolute Gasteiger partial charge is 0.497 e. The second kappa shape index (κ2) is 12.6. The lowest BCUT2D eigenvalue weighted by molar-refractivity contribution is -0.117. The van der Waals surface area contributed by atoms with Crippen LogP contribution >= 0.6 is 0 Å². The molecule has 0 bridgehead atoms. The predicted molar refractivity (Wildman–Crippen MR) is 138 cm³/mol. The first-order valence-corrected chi connectivity index (χ1v) is 10.9. The van der Waals surface area contributed by atoms with Gasteiger partial charge in [-0.2, -0.15) is 5.10 Å². The molecule has 0 aliphatic heterocycles. The van der Waals surface area contributed by atoms with E-state index in [0.717, 1.165) is 11.1 Å². The van der Waals surface area contributed by atoms with E-state index in [0.29, 0.717) is 22.6 Å². The van der Waals surface area contributed by atoms with Crippen LogP contribution in [0.25, 0.3) is 12.2 Å². The molecule has 0 saturated heterocycles. The van der Waals surface area contributed by atoms with E-state index >= 15 is 0 Å². The van der Waals surface area contributed by atoms with Gasteiger partial charge in [0.2, 0.25) is 0 Å². The highest BCUT2D eigenvalue weighted by molar-refractivity contribution is 6.05. The molecule has 2 amide bonds. The van der Waals surface area contributed by atoms with Crippen LogP contribution in [-0.4, -0.2) is 32.2 Å². The third-order valence-electron chi connectivity index (χ3n) is 4.89. The molecule has 35 heavy (non-hydrogen) atoms. The second-order valence-electron chi connectivity index (χ2n) is 7.48. The molecule has 0 saturated carbocycles. The van der Waals surface area contributed by atoms with Gasteiger partial charge < -0.3 is 14.8 Å². The van der Waals surface area contributed by atoms with Gasteiger partial charge in [-0.1, -0.05) is 54.6 Å². The summed E-state index contributed by atoms with van der Waals surface area (Å²) in [6.07, 6.45) is 4.98. The van der Waals surface area contributed by atoms with Gasteiger partial charge >= 0.3 is 0 Å². The molecule has 3 aromatic carbocycles. The number of methoxy groups -OCH3 is 2. The van der Waals surface area contributed by atoms with Gasteiger partial charge in [0.15, 0.2) is 0 Å². The summed E-state index contributed by atoms with van der Waals surface area (Å²) in [5, 5.41) is 6.72. The maximum Gasteiger partial charge on any atom is 0.287 e. The Hall–Kier alpha value is -4.65. The van der Waals surface area contributed by atoms with Crippen molar-refractivity contribution in [1.82, 2.24) is 10.7 Å². The third-order valence-corrected chi connectivity index (χ3v) is 4.89. The van der Waals surface area contributed by atoms with Crippen molar-refractivity contribution >= 4 is 30.2 Å². The van der Waals surface area contributed by atoms with Gasteiger partial charge in [-0.3, -0.25) is 9.59 Å². The number of nitrogens with one attached hydrogen (secondary N) is 2. The number of hydrogen-bond donors (Lipinski definition) is 2. The molecule has 7 heteroatoms. The van der Waals surface area contributed by atoms with Crippen molar-refractivity contribution in [2.24, 2.45) is 5.10 Å². The van der Waals surface area contributed by atoms with Gasteiger partial charge in [0, 0.05) is 11.1 Å². The summed E-state index contributed by atoms with van der Waals surface area (Å²) in [5.74, 6) is 0.0574. The molecule has 7 nitrogen and oxygen atoms in total. The van der Waals surface area contributed by atoms with Crippen LogP contribution < -0.4 is 20.2 Å². The molecule has 0 aliphatic carbocycles. The monoisotopic (exact) mass is 469 g/mol. The van der Waals surface area contributed by atoms with Gasteiger partial charge in [-0.15, -0.1) is 0 Å². The SMILES string of the molecule is COc1ccc(OC)c(/C=C(\NC(=O)c2ccccc2)C(=O)N/N=C\C(C)=C\c2ccccc2)c1. The van der Waals surface area contributed by atoms with Gasteiger partial charge in [0.05, 0.1) is 20.4 Å². The van der Waals surface area contributed by atoms with Crippen LogP contribution in [0.4, 0.5) is 0 Å². The summed E-state index contributed by atoms with van der Waals surface area (Å²) in [6.45, 7) is 1.87. The molecular formula is C28H27N3O4. The van der Waals surface area contributed by atoms with Crippen molar-refractivity contribution in [2.75, 3.05) is 14.2 Å². The molecule has 0 radical (unpaired) electrons. The van der Waals surface area contributed by atoms with Crippen LogP contribution in [0, 0.1) is 0 Å². The standard InChI is InChI=1S/C28H27N3O4/c1-20(16-21-10-6-4-7-11-21)19-29-31-28(33)25(30-27(32)22-12-8-5-9-13-22)18-23-17-24(34-2)14-15-26(23)35-3/h4-19H,1-3H3,(H,30,32)(H,31,33)/b20-16+,25-18-,29-19-. The van der Waals surface area contributed by atoms with Crippen LogP contribution in [0.1, 0.15) is 28.4 Å². The summed E-state index contributed by atoms with van der Waals surface area (Å²) in [6, 6.07) is 23.5. The Morgan fingerprint density at radius 2 is 1.54 bits per heavy atom. The van der Waals surface area contributed by atoms with E-state index in [4.69, 9.17) is 9.47 Å². The zero-order valence-corrected chi connectivity index (χ0v) is 19.8. The molecule has 0 fully saturated rings. The first kappa shape index (κ1) is 25.0. The number of nitrogens with zero attached hydrogens (tertiary/aromatic N) is 1. The number of rotatable bonds is 9.